The van der Waals surface area contributed by atoms with Crippen LogP contribution in [0.3, 0.4) is 0 Å². The molecule has 0 spiro atoms. The summed E-state index contributed by atoms with van der Waals surface area (Å²) in [6.07, 6.45) is 0.990. The molecule has 0 saturated heterocycles. The Morgan fingerprint density at radius 1 is 0.808 bits per heavy atom. The molecule has 2 N–H and O–H groups in total. The lowest BCUT2D eigenvalue weighted by Gasteiger charge is -2.11. The van der Waals surface area contributed by atoms with Crippen molar-refractivity contribution in [3.63, 3.8) is 0 Å². The van der Waals surface area contributed by atoms with Crippen molar-refractivity contribution in [1.82, 2.24) is 25.5 Å². The van der Waals surface area contributed by atoms with Gasteiger partial charge in [0.05, 0.1) is 5.52 Å². The molecule has 4 rings (SSSR count). The summed E-state index contributed by atoms with van der Waals surface area (Å²) in [5.41, 5.74) is 3.33. The third-order valence-electron chi connectivity index (χ3n) is 4.23. The van der Waals surface area contributed by atoms with Crippen LogP contribution in [0.4, 0.5) is 5.82 Å². The Hall–Kier alpha value is -3.12. The minimum Gasteiger partial charge on any atom is -0.368 e. The molecule has 2 heterocycles. The summed E-state index contributed by atoms with van der Waals surface area (Å²) in [6, 6.07) is 17.9. The second-order valence-corrected chi connectivity index (χ2v) is 6.06. The zero-order chi connectivity index (χ0) is 17.8. The van der Waals surface area contributed by atoms with E-state index in [1.165, 1.54) is 0 Å². The fraction of sp³-hybridized carbons (Fsp3) is 0.200. The number of fused-ring (bicyclic) bond motifs is 3. The molecule has 0 aliphatic heterocycles. The third-order valence-corrected chi connectivity index (χ3v) is 4.23. The van der Waals surface area contributed by atoms with Crippen LogP contribution in [0.5, 0.6) is 0 Å². The van der Waals surface area contributed by atoms with E-state index in [9.17, 15) is 0 Å². The molecule has 130 valence electrons. The van der Waals surface area contributed by atoms with Crippen molar-refractivity contribution >= 4 is 27.8 Å². The second-order valence-electron chi connectivity index (χ2n) is 6.06. The summed E-state index contributed by atoms with van der Waals surface area (Å²) >= 11 is 0. The molecule has 0 aliphatic carbocycles. The van der Waals surface area contributed by atoms with E-state index in [2.05, 4.69) is 20.8 Å². The van der Waals surface area contributed by atoms with Gasteiger partial charge in [-0.3, -0.25) is 0 Å². The van der Waals surface area contributed by atoms with E-state index in [-0.39, 0.29) is 0 Å². The fourth-order valence-electron chi connectivity index (χ4n) is 2.91. The number of benzene rings is 2. The number of nitrogens with zero attached hydrogens (tertiary/aromatic N) is 4. The molecule has 4 aromatic rings. The maximum atomic E-state index is 4.81. The smallest absolute Gasteiger partial charge is 0.162 e. The molecule has 0 fully saturated rings. The van der Waals surface area contributed by atoms with Gasteiger partial charge in [0.1, 0.15) is 5.52 Å². The number of nitrogens with one attached hydrogen (secondary N) is 2. The third kappa shape index (κ3) is 3.19. The van der Waals surface area contributed by atoms with E-state index in [4.69, 9.17) is 9.97 Å². The van der Waals surface area contributed by atoms with E-state index >= 15 is 0 Å². The maximum absolute atomic E-state index is 4.81. The Labute approximate surface area is 151 Å². The van der Waals surface area contributed by atoms with Gasteiger partial charge in [0.2, 0.25) is 0 Å². The van der Waals surface area contributed by atoms with E-state index in [1.807, 2.05) is 61.6 Å². The lowest BCUT2D eigenvalue weighted by molar-refractivity contribution is 0.747. The van der Waals surface area contributed by atoms with Gasteiger partial charge in [-0.05, 0) is 26.1 Å². The normalized spacial score (nSPS) is 11.1. The van der Waals surface area contributed by atoms with E-state index in [0.717, 1.165) is 47.3 Å². The lowest BCUT2D eigenvalue weighted by atomic mass is 10.1. The zero-order valence-electron chi connectivity index (χ0n) is 14.6. The first-order valence-corrected chi connectivity index (χ1v) is 8.74. The van der Waals surface area contributed by atoms with Crippen molar-refractivity contribution in [1.29, 1.82) is 0 Å². The van der Waals surface area contributed by atoms with Gasteiger partial charge in [0.15, 0.2) is 17.2 Å². The fourth-order valence-corrected chi connectivity index (χ4v) is 2.91. The molecule has 0 aliphatic rings. The molecule has 0 atom stereocenters. The van der Waals surface area contributed by atoms with Gasteiger partial charge >= 0.3 is 0 Å². The first-order valence-electron chi connectivity index (χ1n) is 8.74. The van der Waals surface area contributed by atoms with Gasteiger partial charge in [-0.15, -0.1) is 10.2 Å². The standard InChI is InChI=1S/C20H20N6/c1-21-12-7-13-22-20-18-17(15-10-5-6-11-16(15)25-26-18)23-19(24-20)14-8-3-2-4-9-14/h2-6,8-11,21H,7,12-13H2,1H3,(H,22,23,24). The Morgan fingerprint density at radius 3 is 2.46 bits per heavy atom. The van der Waals surface area contributed by atoms with Crippen molar-refractivity contribution in [3.05, 3.63) is 54.6 Å². The topological polar surface area (TPSA) is 75.6 Å². The highest BCUT2D eigenvalue weighted by atomic mass is 15.1. The molecule has 0 bridgehead atoms. The molecule has 0 saturated carbocycles. The highest BCUT2D eigenvalue weighted by molar-refractivity contribution is 6.04. The highest BCUT2D eigenvalue weighted by Gasteiger charge is 2.13. The second kappa shape index (κ2) is 7.41. The number of aromatic nitrogens is 4. The molecular weight excluding hydrogens is 324 g/mol. The van der Waals surface area contributed by atoms with Crippen molar-refractivity contribution in [2.75, 3.05) is 25.5 Å². The van der Waals surface area contributed by atoms with Crippen LogP contribution in [0.15, 0.2) is 54.6 Å². The Morgan fingerprint density at radius 2 is 1.62 bits per heavy atom. The number of hydrogen-bond donors (Lipinski definition) is 2. The first-order chi connectivity index (χ1) is 12.9. The van der Waals surface area contributed by atoms with Crippen molar-refractivity contribution in [3.8, 4) is 11.4 Å². The van der Waals surface area contributed by atoms with Crippen molar-refractivity contribution in [2.45, 2.75) is 6.42 Å². The Kier molecular flexibility index (Phi) is 4.66. The molecule has 0 unspecified atom stereocenters. The average molecular weight is 344 g/mol. The zero-order valence-corrected chi connectivity index (χ0v) is 14.6. The van der Waals surface area contributed by atoms with Crippen LogP contribution in [0.2, 0.25) is 0 Å². The summed E-state index contributed by atoms with van der Waals surface area (Å²) in [4.78, 5) is 9.54. The van der Waals surface area contributed by atoms with Gasteiger partial charge in [-0.25, -0.2) is 9.97 Å². The van der Waals surface area contributed by atoms with Crippen LogP contribution < -0.4 is 10.6 Å². The number of rotatable bonds is 6. The van der Waals surface area contributed by atoms with Crippen LogP contribution in [0, 0.1) is 0 Å². The van der Waals surface area contributed by atoms with Crippen molar-refractivity contribution < 1.29 is 0 Å². The predicted octanol–water partition coefficient (Wildman–Crippen LogP) is 3.26. The minimum atomic E-state index is 0.687. The molecule has 0 radical (unpaired) electrons. The quantitative estimate of drug-likeness (QED) is 0.413. The first kappa shape index (κ1) is 16.4. The molecule has 2 aromatic carbocycles. The van der Waals surface area contributed by atoms with Crippen LogP contribution in [-0.4, -0.2) is 40.3 Å². The van der Waals surface area contributed by atoms with Crippen LogP contribution in [-0.2, 0) is 0 Å². The monoisotopic (exact) mass is 344 g/mol. The van der Waals surface area contributed by atoms with Gasteiger partial charge in [-0.1, -0.05) is 48.5 Å². The summed E-state index contributed by atoms with van der Waals surface area (Å²) < 4.78 is 0. The van der Waals surface area contributed by atoms with Gasteiger partial charge in [-0.2, -0.15) is 0 Å². The average Bonchev–Trinajstić information content (AvgIpc) is 2.71. The molecular formula is C20H20N6. The summed E-state index contributed by atoms with van der Waals surface area (Å²) in [5, 5.41) is 16.3. The lowest BCUT2D eigenvalue weighted by Crippen LogP contribution is -2.14. The van der Waals surface area contributed by atoms with Crippen LogP contribution >= 0.6 is 0 Å². The van der Waals surface area contributed by atoms with E-state index < -0.39 is 0 Å². The van der Waals surface area contributed by atoms with Gasteiger partial charge in [0.25, 0.3) is 0 Å². The largest absolute Gasteiger partial charge is 0.368 e. The van der Waals surface area contributed by atoms with Gasteiger partial charge in [0, 0.05) is 17.5 Å². The summed E-state index contributed by atoms with van der Waals surface area (Å²) in [6.45, 7) is 1.74. The maximum Gasteiger partial charge on any atom is 0.162 e. The molecule has 0 amide bonds. The summed E-state index contributed by atoms with van der Waals surface area (Å²) in [7, 11) is 1.95. The van der Waals surface area contributed by atoms with Crippen molar-refractivity contribution in [2.24, 2.45) is 0 Å². The minimum absolute atomic E-state index is 0.687. The van der Waals surface area contributed by atoms with Gasteiger partial charge < -0.3 is 10.6 Å². The SMILES string of the molecule is CNCCCNc1nc(-c2ccccc2)nc2c1nnc1ccccc12. The Balaban J connectivity index is 1.88. The summed E-state index contributed by atoms with van der Waals surface area (Å²) in [5.74, 6) is 1.41. The predicted molar refractivity (Wildman–Crippen MR) is 105 cm³/mol. The molecule has 2 aromatic heterocycles. The van der Waals surface area contributed by atoms with Crippen LogP contribution in [0.25, 0.3) is 33.3 Å². The highest BCUT2D eigenvalue weighted by Crippen LogP contribution is 2.27. The number of hydrogen-bond acceptors (Lipinski definition) is 6. The molecule has 6 nitrogen and oxygen atoms in total. The molecule has 6 heteroatoms. The van der Waals surface area contributed by atoms with Crippen LogP contribution in [0.1, 0.15) is 6.42 Å². The molecule has 26 heavy (non-hydrogen) atoms. The Bertz CT molecular complexity index is 1030. The van der Waals surface area contributed by atoms with E-state index in [1.54, 1.807) is 0 Å². The number of anilines is 1. The van der Waals surface area contributed by atoms with E-state index in [0.29, 0.717) is 11.3 Å².